The van der Waals surface area contributed by atoms with Gasteiger partial charge >= 0.3 is 5.97 Å². The lowest BCUT2D eigenvalue weighted by molar-refractivity contribution is 0.0526. The topological polar surface area (TPSA) is 58.6 Å². The van der Waals surface area contributed by atoms with Gasteiger partial charge in [0.15, 0.2) is 0 Å². The lowest BCUT2D eigenvalue weighted by Crippen LogP contribution is -2.19. The number of carbonyl (C=O) groups is 2. The molecule has 0 saturated carbocycles. The third kappa shape index (κ3) is 4.61. The van der Waals surface area contributed by atoms with Crippen molar-refractivity contribution in [3.8, 4) is 0 Å². The van der Waals surface area contributed by atoms with Gasteiger partial charge < -0.3 is 15.0 Å². The van der Waals surface area contributed by atoms with Crippen molar-refractivity contribution in [3.63, 3.8) is 0 Å². The Bertz CT molecular complexity index is 1110. The minimum atomic E-state index is -0.397. The smallest absolute Gasteiger partial charge is 0.338 e. The fourth-order valence-corrected chi connectivity index (χ4v) is 3.85. The zero-order valence-corrected chi connectivity index (χ0v) is 17.9. The lowest BCUT2D eigenvalue weighted by atomic mass is 10.1. The number of carbonyl (C=O) groups excluding carboxylic acids is 2. The van der Waals surface area contributed by atoms with Gasteiger partial charge in [-0.05, 0) is 67.3 Å². The van der Waals surface area contributed by atoms with Crippen molar-refractivity contribution < 1.29 is 14.3 Å². The molecular weight excluding hydrogens is 388 g/mol. The molecule has 5 heteroatoms. The molecule has 0 bridgehead atoms. The molecule has 3 aromatic rings. The Hall–Kier alpha value is -3.60. The van der Waals surface area contributed by atoms with Crippen molar-refractivity contribution in [2.75, 3.05) is 23.4 Å². The average molecular weight is 415 g/mol. The van der Waals surface area contributed by atoms with Gasteiger partial charge in [-0.25, -0.2) is 4.79 Å². The molecule has 0 unspecified atom stereocenters. The number of aryl methyl sites for hydroxylation is 1. The van der Waals surface area contributed by atoms with Crippen molar-refractivity contribution >= 4 is 23.3 Å². The number of amides is 1. The molecule has 1 heterocycles. The Kier molecular flexibility index (Phi) is 6.03. The van der Waals surface area contributed by atoms with Gasteiger partial charge in [-0.3, -0.25) is 4.79 Å². The van der Waals surface area contributed by atoms with E-state index in [0.29, 0.717) is 23.4 Å². The predicted molar refractivity (Wildman–Crippen MR) is 123 cm³/mol. The molecule has 0 spiro atoms. The summed E-state index contributed by atoms with van der Waals surface area (Å²) < 4.78 is 5.05. The molecular formula is C26H26N2O3. The van der Waals surface area contributed by atoms with Crippen LogP contribution in [0.4, 0.5) is 11.4 Å². The number of anilines is 2. The van der Waals surface area contributed by atoms with Gasteiger partial charge in [-0.2, -0.15) is 0 Å². The molecule has 4 rings (SSSR count). The van der Waals surface area contributed by atoms with Crippen molar-refractivity contribution in [2.45, 2.75) is 26.8 Å². The van der Waals surface area contributed by atoms with Crippen LogP contribution in [-0.4, -0.2) is 25.0 Å². The minimum Gasteiger partial charge on any atom is -0.462 e. The number of fused-ring (bicyclic) bond motifs is 1. The van der Waals surface area contributed by atoms with E-state index in [9.17, 15) is 9.59 Å². The van der Waals surface area contributed by atoms with Crippen molar-refractivity contribution in [1.29, 1.82) is 0 Å². The monoisotopic (exact) mass is 414 g/mol. The van der Waals surface area contributed by atoms with Crippen molar-refractivity contribution in [1.82, 2.24) is 0 Å². The van der Waals surface area contributed by atoms with Crippen LogP contribution in [0.25, 0.3) is 0 Å². The van der Waals surface area contributed by atoms with Crippen LogP contribution in [0, 0.1) is 6.92 Å². The van der Waals surface area contributed by atoms with E-state index in [0.717, 1.165) is 30.6 Å². The zero-order chi connectivity index (χ0) is 21.8. The number of hydrogen-bond acceptors (Lipinski definition) is 4. The van der Waals surface area contributed by atoms with Gasteiger partial charge in [0, 0.05) is 30.0 Å². The first-order valence-electron chi connectivity index (χ1n) is 10.6. The summed E-state index contributed by atoms with van der Waals surface area (Å²) in [6.07, 6.45) is 1.07. The number of rotatable bonds is 6. The standard InChI is InChI=1S/C26H26N2O3/c1-3-31-26(30)22-11-8-18(2)23(16-22)27-25(29)21-12-9-19(10-13-21)17-28-15-14-20-6-4-5-7-24(20)28/h4-13,16H,3,14-15,17H2,1-2H3,(H,27,29). The van der Waals surface area contributed by atoms with E-state index in [1.54, 1.807) is 25.1 Å². The summed E-state index contributed by atoms with van der Waals surface area (Å²) in [5.41, 5.74) is 6.32. The zero-order valence-electron chi connectivity index (χ0n) is 17.9. The quantitative estimate of drug-likeness (QED) is 0.578. The van der Waals surface area contributed by atoms with Crippen LogP contribution >= 0.6 is 0 Å². The van der Waals surface area contributed by atoms with E-state index in [2.05, 4.69) is 34.5 Å². The molecule has 0 saturated heterocycles. The molecule has 3 aromatic carbocycles. The average Bonchev–Trinajstić information content (AvgIpc) is 3.19. The fourth-order valence-electron chi connectivity index (χ4n) is 3.85. The largest absolute Gasteiger partial charge is 0.462 e. The molecule has 1 amide bonds. The van der Waals surface area contributed by atoms with E-state index in [1.807, 2.05) is 31.2 Å². The van der Waals surface area contributed by atoms with Crippen molar-refractivity contribution in [2.24, 2.45) is 0 Å². The van der Waals surface area contributed by atoms with Crippen LogP contribution in [0.5, 0.6) is 0 Å². The summed E-state index contributed by atoms with van der Waals surface area (Å²) in [6, 6.07) is 21.4. The predicted octanol–water partition coefficient (Wildman–Crippen LogP) is 4.99. The SMILES string of the molecule is CCOC(=O)c1ccc(C)c(NC(=O)c2ccc(CN3CCc4ccccc43)cc2)c1. The van der Waals surface area contributed by atoms with E-state index in [1.165, 1.54) is 11.3 Å². The second-order valence-corrected chi connectivity index (χ2v) is 7.70. The highest BCUT2D eigenvalue weighted by molar-refractivity contribution is 6.05. The Morgan fingerprint density at radius 3 is 2.52 bits per heavy atom. The Balaban J connectivity index is 1.43. The first-order chi connectivity index (χ1) is 15.0. The fraction of sp³-hybridized carbons (Fsp3) is 0.231. The number of esters is 1. The molecule has 0 aromatic heterocycles. The van der Waals surface area contributed by atoms with Gasteiger partial charge in [0.2, 0.25) is 0 Å². The van der Waals surface area contributed by atoms with E-state index in [-0.39, 0.29) is 5.91 Å². The normalized spacial score (nSPS) is 12.4. The summed E-state index contributed by atoms with van der Waals surface area (Å²) in [5, 5.41) is 2.91. The molecule has 5 nitrogen and oxygen atoms in total. The summed E-state index contributed by atoms with van der Waals surface area (Å²) in [7, 11) is 0. The Labute approximate surface area is 182 Å². The Morgan fingerprint density at radius 1 is 1.00 bits per heavy atom. The molecule has 0 fully saturated rings. The van der Waals surface area contributed by atoms with Crippen molar-refractivity contribution in [3.05, 3.63) is 94.5 Å². The first kappa shape index (κ1) is 20.7. The highest BCUT2D eigenvalue weighted by Gasteiger charge is 2.18. The molecule has 1 aliphatic rings. The second-order valence-electron chi connectivity index (χ2n) is 7.70. The second kappa shape index (κ2) is 9.04. The molecule has 1 aliphatic heterocycles. The number of nitrogens with zero attached hydrogens (tertiary/aromatic N) is 1. The third-order valence-corrected chi connectivity index (χ3v) is 5.57. The molecule has 1 N–H and O–H groups in total. The van der Waals surface area contributed by atoms with Gasteiger partial charge in [-0.15, -0.1) is 0 Å². The first-order valence-corrected chi connectivity index (χ1v) is 10.6. The summed E-state index contributed by atoms with van der Waals surface area (Å²) >= 11 is 0. The maximum absolute atomic E-state index is 12.8. The molecule has 0 radical (unpaired) electrons. The molecule has 31 heavy (non-hydrogen) atoms. The number of benzene rings is 3. The number of ether oxygens (including phenoxy) is 1. The minimum absolute atomic E-state index is 0.206. The van der Waals surface area contributed by atoms with Gasteiger partial charge in [-0.1, -0.05) is 36.4 Å². The van der Waals surface area contributed by atoms with Gasteiger partial charge in [0.1, 0.15) is 0 Å². The highest BCUT2D eigenvalue weighted by Crippen LogP contribution is 2.29. The number of para-hydroxylation sites is 1. The Morgan fingerprint density at radius 2 is 1.74 bits per heavy atom. The van der Waals surface area contributed by atoms with Crippen LogP contribution in [0.1, 0.15) is 44.3 Å². The maximum Gasteiger partial charge on any atom is 0.338 e. The van der Waals surface area contributed by atoms with E-state index < -0.39 is 5.97 Å². The van der Waals surface area contributed by atoms with E-state index in [4.69, 9.17) is 4.74 Å². The number of hydrogen-bond donors (Lipinski definition) is 1. The van der Waals surface area contributed by atoms with Crippen LogP contribution in [-0.2, 0) is 17.7 Å². The van der Waals surface area contributed by atoms with Gasteiger partial charge in [0.05, 0.1) is 12.2 Å². The third-order valence-electron chi connectivity index (χ3n) is 5.57. The summed E-state index contributed by atoms with van der Waals surface area (Å²) in [4.78, 5) is 27.1. The summed E-state index contributed by atoms with van der Waals surface area (Å²) in [5.74, 6) is -0.604. The van der Waals surface area contributed by atoms with Crippen LogP contribution < -0.4 is 10.2 Å². The van der Waals surface area contributed by atoms with Crippen LogP contribution in [0.3, 0.4) is 0 Å². The maximum atomic E-state index is 12.8. The lowest BCUT2D eigenvalue weighted by Gasteiger charge is -2.19. The molecule has 158 valence electrons. The summed E-state index contributed by atoms with van der Waals surface area (Å²) in [6.45, 7) is 5.80. The van der Waals surface area contributed by atoms with Crippen LogP contribution in [0.15, 0.2) is 66.7 Å². The van der Waals surface area contributed by atoms with Crippen LogP contribution in [0.2, 0.25) is 0 Å². The molecule has 0 atom stereocenters. The number of nitrogens with one attached hydrogen (secondary N) is 1. The van der Waals surface area contributed by atoms with Gasteiger partial charge in [0.25, 0.3) is 5.91 Å². The highest BCUT2D eigenvalue weighted by atomic mass is 16.5. The molecule has 0 aliphatic carbocycles. The van der Waals surface area contributed by atoms with E-state index >= 15 is 0 Å².